The molecule has 1 aromatic rings. The molecule has 4 N–H and O–H groups in total. The van der Waals surface area contributed by atoms with Crippen molar-refractivity contribution in [1.29, 1.82) is 0 Å². The first-order chi connectivity index (χ1) is 8.70. The molecular weight excluding hydrogens is 230 g/mol. The smallest absolute Gasteiger partial charge is 0.238 e. The van der Waals surface area contributed by atoms with E-state index in [2.05, 4.69) is 10.3 Å². The van der Waals surface area contributed by atoms with Gasteiger partial charge in [-0.15, -0.1) is 0 Å². The number of aliphatic hydroxyl groups is 1. The van der Waals surface area contributed by atoms with E-state index in [1.54, 1.807) is 13.2 Å². The monoisotopic (exact) mass is 251 g/mol. The summed E-state index contributed by atoms with van der Waals surface area (Å²) in [6, 6.07) is 3.60. The molecule has 5 nitrogen and oxygen atoms in total. The molecule has 0 spiro atoms. The Kier molecular flexibility index (Phi) is 4.25. The quantitative estimate of drug-likeness (QED) is 0.758. The van der Waals surface area contributed by atoms with Crippen molar-refractivity contribution in [1.82, 2.24) is 4.98 Å². The lowest BCUT2D eigenvalue weighted by molar-refractivity contribution is 0.0763. The van der Waals surface area contributed by atoms with Crippen LogP contribution in [-0.2, 0) is 0 Å². The number of nitrogens with one attached hydrogen (secondary N) is 1. The van der Waals surface area contributed by atoms with Crippen molar-refractivity contribution >= 4 is 11.5 Å². The minimum atomic E-state index is -0.193. The third-order valence-corrected chi connectivity index (χ3v) is 3.50. The maximum absolute atomic E-state index is 9.89. The zero-order valence-electron chi connectivity index (χ0n) is 10.7. The molecule has 0 amide bonds. The maximum Gasteiger partial charge on any atom is 0.238 e. The summed E-state index contributed by atoms with van der Waals surface area (Å²) >= 11 is 0. The number of pyridine rings is 1. The average molecular weight is 251 g/mol. The molecule has 0 bridgehead atoms. The first-order valence-electron chi connectivity index (χ1n) is 6.43. The predicted molar refractivity (Wildman–Crippen MR) is 71.7 cm³/mol. The van der Waals surface area contributed by atoms with Gasteiger partial charge in [-0.05, 0) is 25.0 Å². The van der Waals surface area contributed by atoms with Crippen molar-refractivity contribution in [3.63, 3.8) is 0 Å². The second-order valence-corrected chi connectivity index (χ2v) is 4.79. The summed E-state index contributed by atoms with van der Waals surface area (Å²) < 4.78 is 5.07. The van der Waals surface area contributed by atoms with Gasteiger partial charge in [0, 0.05) is 12.5 Å². The standard InChI is InChI=1S/C13H21N3O2/c1-18-13-10(14)6-7-12(16-13)15-8-9-4-2-3-5-11(9)17/h6-7,9,11,17H,2-5,8,14H2,1H3,(H,15,16). The number of ether oxygens (including phenoxy) is 1. The molecule has 2 rings (SSSR count). The van der Waals surface area contributed by atoms with Crippen LogP contribution in [0.2, 0.25) is 0 Å². The van der Waals surface area contributed by atoms with Crippen LogP contribution in [0, 0.1) is 5.92 Å². The van der Waals surface area contributed by atoms with Crippen LogP contribution in [0.3, 0.4) is 0 Å². The summed E-state index contributed by atoms with van der Waals surface area (Å²) in [5.41, 5.74) is 6.23. The Labute approximate surface area is 107 Å². The van der Waals surface area contributed by atoms with Gasteiger partial charge in [-0.3, -0.25) is 0 Å². The first-order valence-corrected chi connectivity index (χ1v) is 6.43. The zero-order valence-corrected chi connectivity index (χ0v) is 10.7. The SMILES string of the molecule is COc1nc(NCC2CCCCC2O)ccc1N. The van der Waals surface area contributed by atoms with Crippen molar-refractivity contribution in [2.45, 2.75) is 31.8 Å². The Balaban J connectivity index is 1.93. The molecule has 100 valence electrons. The van der Waals surface area contributed by atoms with Gasteiger partial charge in [0.15, 0.2) is 0 Å². The molecule has 18 heavy (non-hydrogen) atoms. The highest BCUT2D eigenvalue weighted by atomic mass is 16.5. The largest absolute Gasteiger partial charge is 0.479 e. The zero-order chi connectivity index (χ0) is 13.0. The van der Waals surface area contributed by atoms with Gasteiger partial charge >= 0.3 is 0 Å². The van der Waals surface area contributed by atoms with Crippen LogP contribution in [0.25, 0.3) is 0 Å². The lowest BCUT2D eigenvalue weighted by Crippen LogP contribution is -2.30. The van der Waals surface area contributed by atoms with E-state index >= 15 is 0 Å². The highest BCUT2D eigenvalue weighted by molar-refractivity contribution is 5.53. The Morgan fingerprint density at radius 2 is 2.22 bits per heavy atom. The maximum atomic E-state index is 9.89. The van der Waals surface area contributed by atoms with Gasteiger partial charge in [-0.1, -0.05) is 12.8 Å². The number of aromatic nitrogens is 1. The van der Waals surface area contributed by atoms with E-state index in [9.17, 15) is 5.11 Å². The van der Waals surface area contributed by atoms with E-state index in [0.29, 0.717) is 17.5 Å². The number of rotatable bonds is 4. The van der Waals surface area contributed by atoms with Crippen LogP contribution in [0.1, 0.15) is 25.7 Å². The van der Waals surface area contributed by atoms with Gasteiger partial charge in [0.2, 0.25) is 5.88 Å². The van der Waals surface area contributed by atoms with E-state index < -0.39 is 0 Å². The van der Waals surface area contributed by atoms with Crippen molar-refractivity contribution in [3.8, 4) is 5.88 Å². The van der Waals surface area contributed by atoms with Crippen LogP contribution in [-0.4, -0.2) is 29.8 Å². The van der Waals surface area contributed by atoms with Gasteiger partial charge in [0.25, 0.3) is 0 Å². The summed E-state index contributed by atoms with van der Waals surface area (Å²) in [6.07, 6.45) is 4.11. The lowest BCUT2D eigenvalue weighted by Gasteiger charge is -2.27. The van der Waals surface area contributed by atoms with E-state index in [4.69, 9.17) is 10.5 Å². The topological polar surface area (TPSA) is 80.4 Å². The van der Waals surface area contributed by atoms with Crippen LogP contribution < -0.4 is 15.8 Å². The molecule has 1 aromatic heterocycles. The molecule has 0 saturated heterocycles. The number of nitrogen functional groups attached to an aromatic ring is 1. The van der Waals surface area contributed by atoms with Gasteiger partial charge < -0.3 is 20.9 Å². The summed E-state index contributed by atoms with van der Waals surface area (Å²) in [6.45, 7) is 0.737. The van der Waals surface area contributed by atoms with Gasteiger partial charge in [0.1, 0.15) is 5.82 Å². The Bertz CT molecular complexity index is 398. The highest BCUT2D eigenvalue weighted by Gasteiger charge is 2.22. The van der Waals surface area contributed by atoms with Crippen molar-refractivity contribution in [3.05, 3.63) is 12.1 Å². The van der Waals surface area contributed by atoms with Crippen molar-refractivity contribution in [2.24, 2.45) is 5.92 Å². The number of nitrogens with two attached hydrogens (primary N) is 1. The summed E-state index contributed by atoms with van der Waals surface area (Å²) in [4.78, 5) is 4.26. The molecule has 2 unspecified atom stereocenters. The van der Waals surface area contributed by atoms with Crippen molar-refractivity contribution in [2.75, 3.05) is 24.7 Å². The van der Waals surface area contributed by atoms with Crippen LogP contribution >= 0.6 is 0 Å². The van der Waals surface area contributed by atoms with Crippen LogP contribution in [0.5, 0.6) is 5.88 Å². The van der Waals surface area contributed by atoms with E-state index in [1.165, 1.54) is 6.42 Å². The fraction of sp³-hybridized carbons (Fsp3) is 0.615. The number of aliphatic hydroxyl groups excluding tert-OH is 1. The molecular formula is C13H21N3O2. The average Bonchev–Trinajstić information content (AvgIpc) is 2.39. The summed E-state index contributed by atoms with van der Waals surface area (Å²) in [5.74, 6) is 1.48. The second kappa shape index (κ2) is 5.91. The van der Waals surface area contributed by atoms with Gasteiger partial charge in [-0.2, -0.15) is 4.98 Å². The molecule has 1 fully saturated rings. The molecule has 0 aromatic carbocycles. The number of methoxy groups -OCH3 is 1. The Hall–Kier alpha value is -1.49. The predicted octanol–water partition coefficient (Wildman–Crippen LogP) is 1.64. The molecule has 1 heterocycles. The highest BCUT2D eigenvalue weighted by Crippen LogP contribution is 2.25. The minimum Gasteiger partial charge on any atom is -0.479 e. The lowest BCUT2D eigenvalue weighted by atomic mass is 9.86. The summed E-state index contributed by atoms with van der Waals surface area (Å²) in [7, 11) is 1.55. The summed E-state index contributed by atoms with van der Waals surface area (Å²) in [5, 5.41) is 13.1. The molecule has 1 aliphatic rings. The number of nitrogens with zero attached hydrogens (tertiary/aromatic N) is 1. The third-order valence-electron chi connectivity index (χ3n) is 3.50. The van der Waals surface area contributed by atoms with Crippen LogP contribution in [0.4, 0.5) is 11.5 Å². The molecule has 0 aliphatic heterocycles. The minimum absolute atomic E-state index is 0.193. The second-order valence-electron chi connectivity index (χ2n) is 4.79. The number of hydrogen-bond acceptors (Lipinski definition) is 5. The fourth-order valence-corrected chi connectivity index (χ4v) is 2.38. The normalized spacial score (nSPS) is 23.7. The fourth-order valence-electron chi connectivity index (χ4n) is 2.38. The van der Waals surface area contributed by atoms with Gasteiger partial charge in [-0.25, -0.2) is 0 Å². The first kappa shape index (κ1) is 13.0. The molecule has 1 saturated carbocycles. The third kappa shape index (κ3) is 3.04. The molecule has 0 radical (unpaired) electrons. The number of anilines is 2. The molecule has 1 aliphatic carbocycles. The van der Waals surface area contributed by atoms with Crippen LogP contribution in [0.15, 0.2) is 12.1 Å². The van der Waals surface area contributed by atoms with E-state index in [1.807, 2.05) is 6.07 Å². The molecule has 2 atom stereocenters. The molecule has 5 heteroatoms. The van der Waals surface area contributed by atoms with Crippen molar-refractivity contribution < 1.29 is 9.84 Å². The van der Waals surface area contributed by atoms with E-state index in [0.717, 1.165) is 31.6 Å². The van der Waals surface area contributed by atoms with E-state index in [-0.39, 0.29) is 6.10 Å². The van der Waals surface area contributed by atoms with Gasteiger partial charge in [0.05, 0.1) is 18.9 Å². The Morgan fingerprint density at radius 1 is 1.44 bits per heavy atom. The Morgan fingerprint density at radius 3 is 2.94 bits per heavy atom. The number of hydrogen-bond donors (Lipinski definition) is 3.